The number of benzene rings is 1. The number of thioether (sulfide) groups is 1. The van der Waals surface area contributed by atoms with Gasteiger partial charge in [-0.1, -0.05) is 12.8 Å². The second-order valence-electron chi connectivity index (χ2n) is 4.62. The Balaban J connectivity index is 2.32. The standard InChI is InChI=1S/C15H24N2O2S/c1-19-14-11-12(16)7-8-13(14)15(18)17-9-5-3-4-6-10-20-2/h7-8,11H,3-6,9-10,16H2,1-2H3,(H,17,18). The van der Waals surface area contributed by atoms with Crippen LogP contribution in [0, 0.1) is 0 Å². The maximum atomic E-state index is 12.0. The minimum absolute atomic E-state index is 0.106. The van der Waals surface area contributed by atoms with E-state index in [2.05, 4.69) is 11.6 Å². The molecule has 0 aliphatic heterocycles. The highest BCUT2D eigenvalue weighted by atomic mass is 32.2. The van der Waals surface area contributed by atoms with Crippen molar-refractivity contribution in [3.8, 4) is 5.75 Å². The molecule has 112 valence electrons. The van der Waals surface area contributed by atoms with E-state index in [0.717, 1.165) is 12.8 Å². The Hall–Kier alpha value is -1.36. The summed E-state index contributed by atoms with van der Waals surface area (Å²) in [5.74, 6) is 1.63. The summed E-state index contributed by atoms with van der Waals surface area (Å²) < 4.78 is 5.18. The van der Waals surface area contributed by atoms with E-state index in [-0.39, 0.29) is 5.91 Å². The molecule has 1 aromatic carbocycles. The number of anilines is 1. The molecule has 0 heterocycles. The van der Waals surface area contributed by atoms with Crippen LogP contribution in [0.5, 0.6) is 5.75 Å². The maximum absolute atomic E-state index is 12.0. The predicted molar refractivity (Wildman–Crippen MR) is 86.6 cm³/mol. The lowest BCUT2D eigenvalue weighted by atomic mass is 10.1. The number of hydrogen-bond acceptors (Lipinski definition) is 4. The summed E-state index contributed by atoms with van der Waals surface area (Å²) in [5, 5.41) is 2.92. The first-order valence-electron chi connectivity index (χ1n) is 6.89. The van der Waals surface area contributed by atoms with Gasteiger partial charge in [-0.3, -0.25) is 4.79 Å². The summed E-state index contributed by atoms with van der Waals surface area (Å²) in [4.78, 5) is 12.0. The van der Waals surface area contributed by atoms with Gasteiger partial charge in [0.15, 0.2) is 0 Å². The van der Waals surface area contributed by atoms with Crippen molar-refractivity contribution in [1.82, 2.24) is 5.32 Å². The summed E-state index contributed by atoms with van der Waals surface area (Å²) >= 11 is 1.88. The third-order valence-electron chi connectivity index (χ3n) is 3.03. The molecule has 3 N–H and O–H groups in total. The molecule has 0 unspecified atom stereocenters. The minimum atomic E-state index is -0.106. The molecule has 0 atom stereocenters. The number of rotatable bonds is 9. The first-order chi connectivity index (χ1) is 9.69. The van der Waals surface area contributed by atoms with Gasteiger partial charge >= 0.3 is 0 Å². The Morgan fingerprint density at radius 2 is 2.05 bits per heavy atom. The summed E-state index contributed by atoms with van der Waals surface area (Å²) in [7, 11) is 1.54. The smallest absolute Gasteiger partial charge is 0.255 e. The van der Waals surface area contributed by atoms with Crippen molar-refractivity contribution in [2.75, 3.05) is 31.4 Å². The van der Waals surface area contributed by atoms with Crippen LogP contribution in [0.2, 0.25) is 0 Å². The van der Waals surface area contributed by atoms with Gasteiger partial charge in [0.25, 0.3) is 5.91 Å². The summed E-state index contributed by atoms with van der Waals surface area (Å²) in [6.45, 7) is 0.700. The number of nitrogen functional groups attached to an aromatic ring is 1. The Morgan fingerprint density at radius 1 is 1.30 bits per heavy atom. The first kappa shape index (κ1) is 16.7. The van der Waals surface area contributed by atoms with Crippen LogP contribution in [0.4, 0.5) is 5.69 Å². The average Bonchev–Trinajstić information content (AvgIpc) is 2.45. The molecule has 0 spiro atoms. The van der Waals surface area contributed by atoms with Gasteiger partial charge in [-0.25, -0.2) is 0 Å². The molecule has 1 aromatic rings. The Bertz CT molecular complexity index is 424. The normalized spacial score (nSPS) is 10.3. The molecule has 20 heavy (non-hydrogen) atoms. The topological polar surface area (TPSA) is 64.3 Å². The van der Waals surface area contributed by atoms with Crippen LogP contribution < -0.4 is 15.8 Å². The predicted octanol–water partition coefficient (Wildman–Crippen LogP) is 2.93. The van der Waals surface area contributed by atoms with Crippen LogP contribution in [-0.2, 0) is 0 Å². The van der Waals surface area contributed by atoms with E-state index in [4.69, 9.17) is 10.5 Å². The highest BCUT2D eigenvalue weighted by molar-refractivity contribution is 7.98. The van der Waals surface area contributed by atoms with Gasteiger partial charge in [0.2, 0.25) is 0 Å². The fourth-order valence-electron chi connectivity index (χ4n) is 1.92. The summed E-state index contributed by atoms with van der Waals surface area (Å²) in [6, 6.07) is 5.07. The Morgan fingerprint density at radius 3 is 2.75 bits per heavy atom. The van der Waals surface area contributed by atoms with E-state index in [1.807, 2.05) is 11.8 Å². The first-order valence-corrected chi connectivity index (χ1v) is 8.29. The summed E-state index contributed by atoms with van der Waals surface area (Å²) in [6.07, 6.45) is 6.76. The summed E-state index contributed by atoms with van der Waals surface area (Å²) in [5.41, 5.74) is 6.79. The molecule has 0 aliphatic rings. The second-order valence-corrected chi connectivity index (χ2v) is 5.61. The van der Waals surface area contributed by atoms with Crippen LogP contribution in [0.15, 0.2) is 18.2 Å². The molecule has 0 aliphatic carbocycles. The number of unbranched alkanes of at least 4 members (excludes halogenated alkanes) is 3. The number of hydrogen-bond donors (Lipinski definition) is 2. The number of carbonyl (C=O) groups excluding carboxylic acids is 1. The average molecular weight is 296 g/mol. The van der Waals surface area contributed by atoms with Crippen molar-refractivity contribution in [1.29, 1.82) is 0 Å². The van der Waals surface area contributed by atoms with Crippen LogP contribution >= 0.6 is 11.8 Å². The Labute approximate surface area is 125 Å². The van der Waals surface area contributed by atoms with Gasteiger partial charge < -0.3 is 15.8 Å². The van der Waals surface area contributed by atoms with Gasteiger partial charge in [0.1, 0.15) is 5.75 Å². The van der Waals surface area contributed by atoms with Crippen molar-refractivity contribution < 1.29 is 9.53 Å². The van der Waals surface area contributed by atoms with Gasteiger partial charge in [-0.05, 0) is 37.0 Å². The third kappa shape index (κ3) is 5.74. The lowest BCUT2D eigenvalue weighted by Crippen LogP contribution is -2.25. The molecular formula is C15H24N2O2S. The fraction of sp³-hybridized carbons (Fsp3) is 0.533. The zero-order valence-electron chi connectivity index (χ0n) is 12.3. The molecule has 0 radical (unpaired) electrons. The van der Waals surface area contributed by atoms with Crippen molar-refractivity contribution in [2.45, 2.75) is 25.7 Å². The number of ether oxygens (including phenoxy) is 1. The molecule has 0 fully saturated rings. The largest absolute Gasteiger partial charge is 0.496 e. The van der Waals surface area contributed by atoms with Gasteiger partial charge in [-0.15, -0.1) is 0 Å². The van der Waals surface area contributed by atoms with Crippen molar-refractivity contribution in [3.63, 3.8) is 0 Å². The fourth-order valence-corrected chi connectivity index (χ4v) is 2.41. The molecule has 5 heteroatoms. The second kappa shape index (κ2) is 9.53. The van der Waals surface area contributed by atoms with Gasteiger partial charge in [0, 0.05) is 18.3 Å². The number of nitrogens with one attached hydrogen (secondary N) is 1. The van der Waals surface area contributed by atoms with E-state index < -0.39 is 0 Å². The highest BCUT2D eigenvalue weighted by Crippen LogP contribution is 2.21. The molecule has 0 saturated carbocycles. The zero-order chi connectivity index (χ0) is 14.8. The van der Waals surface area contributed by atoms with Crippen LogP contribution in [0.3, 0.4) is 0 Å². The number of amides is 1. The minimum Gasteiger partial charge on any atom is -0.496 e. The molecule has 0 bridgehead atoms. The lowest BCUT2D eigenvalue weighted by molar-refractivity contribution is 0.0950. The van der Waals surface area contributed by atoms with E-state index in [1.54, 1.807) is 18.2 Å². The van der Waals surface area contributed by atoms with Crippen molar-refractivity contribution >= 4 is 23.4 Å². The molecule has 1 amide bonds. The lowest BCUT2D eigenvalue weighted by Gasteiger charge is -2.10. The number of carbonyl (C=O) groups is 1. The zero-order valence-corrected chi connectivity index (χ0v) is 13.1. The van der Waals surface area contributed by atoms with E-state index in [1.165, 1.54) is 25.7 Å². The van der Waals surface area contributed by atoms with Crippen LogP contribution in [0.1, 0.15) is 36.0 Å². The molecule has 4 nitrogen and oxygen atoms in total. The SMILES string of the molecule is COc1cc(N)ccc1C(=O)NCCCCCCSC. The Kier molecular flexibility index (Phi) is 7.95. The molecule has 0 saturated heterocycles. The van der Waals surface area contributed by atoms with Crippen molar-refractivity contribution in [2.24, 2.45) is 0 Å². The van der Waals surface area contributed by atoms with Crippen LogP contribution in [0.25, 0.3) is 0 Å². The monoisotopic (exact) mass is 296 g/mol. The number of methoxy groups -OCH3 is 1. The molecule has 1 rings (SSSR count). The third-order valence-corrected chi connectivity index (χ3v) is 3.73. The quantitative estimate of drug-likeness (QED) is 0.543. The van der Waals surface area contributed by atoms with Gasteiger partial charge in [-0.2, -0.15) is 11.8 Å². The number of nitrogens with two attached hydrogens (primary N) is 1. The molecule has 0 aromatic heterocycles. The van der Waals surface area contributed by atoms with E-state index in [9.17, 15) is 4.79 Å². The van der Waals surface area contributed by atoms with Crippen LogP contribution in [-0.4, -0.2) is 31.6 Å². The van der Waals surface area contributed by atoms with E-state index in [0.29, 0.717) is 23.5 Å². The van der Waals surface area contributed by atoms with Gasteiger partial charge in [0.05, 0.1) is 12.7 Å². The van der Waals surface area contributed by atoms with Crippen molar-refractivity contribution in [3.05, 3.63) is 23.8 Å². The maximum Gasteiger partial charge on any atom is 0.255 e. The highest BCUT2D eigenvalue weighted by Gasteiger charge is 2.11. The van der Waals surface area contributed by atoms with E-state index >= 15 is 0 Å². The molecular weight excluding hydrogens is 272 g/mol.